The highest BCUT2D eigenvalue weighted by Crippen LogP contribution is 2.28. The molecule has 7 nitrogen and oxygen atoms in total. The smallest absolute Gasteiger partial charge is 0.251 e. The molecule has 0 aliphatic heterocycles. The van der Waals surface area contributed by atoms with E-state index in [-0.39, 0.29) is 5.91 Å². The predicted molar refractivity (Wildman–Crippen MR) is 106 cm³/mol. The van der Waals surface area contributed by atoms with Crippen molar-refractivity contribution < 1.29 is 14.3 Å². The van der Waals surface area contributed by atoms with Crippen molar-refractivity contribution in [2.45, 2.75) is 20.4 Å². The average molecular weight is 380 g/mol. The number of aromatic nitrogens is 3. The lowest BCUT2D eigenvalue weighted by atomic mass is 10.1. The zero-order valence-electron chi connectivity index (χ0n) is 16.3. The molecular weight excluding hydrogens is 356 g/mol. The molecule has 146 valence electrons. The van der Waals surface area contributed by atoms with E-state index < -0.39 is 0 Å². The van der Waals surface area contributed by atoms with E-state index in [1.165, 1.54) is 0 Å². The summed E-state index contributed by atoms with van der Waals surface area (Å²) in [5.74, 6) is 1.00. The Balaban J connectivity index is 1.70. The Morgan fingerprint density at radius 3 is 2.46 bits per heavy atom. The lowest BCUT2D eigenvalue weighted by Gasteiger charge is -2.12. The molecule has 0 saturated heterocycles. The number of hydrogen-bond acceptors (Lipinski definition) is 5. The number of nitrogens with one attached hydrogen (secondary N) is 1. The maximum absolute atomic E-state index is 12.6. The molecule has 1 amide bonds. The minimum Gasteiger partial charge on any atom is -0.490 e. The highest BCUT2D eigenvalue weighted by atomic mass is 16.5. The van der Waals surface area contributed by atoms with Gasteiger partial charge in [-0.15, -0.1) is 0 Å². The Hall–Kier alpha value is -3.35. The number of rotatable bonds is 8. The van der Waals surface area contributed by atoms with Crippen molar-refractivity contribution in [1.29, 1.82) is 0 Å². The van der Waals surface area contributed by atoms with Crippen LogP contribution in [-0.2, 0) is 13.6 Å². The van der Waals surface area contributed by atoms with E-state index >= 15 is 0 Å². The van der Waals surface area contributed by atoms with Crippen molar-refractivity contribution >= 4 is 5.91 Å². The van der Waals surface area contributed by atoms with Gasteiger partial charge in [-0.25, -0.2) is 0 Å². The van der Waals surface area contributed by atoms with Gasteiger partial charge in [-0.3, -0.25) is 14.5 Å². The second-order valence-electron chi connectivity index (χ2n) is 6.09. The van der Waals surface area contributed by atoms with Gasteiger partial charge in [-0.05, 0) is 50.2 Å². The van der Waals surface area contributed by atoms with Gasteiger partial charge in [0.05, 0.1) is 31.1 Å². The Morgan fingerprint density at radius 2 is 1.75 bits per heavy atom. The summed E-state index contributed by atoms with van der Waals surface area (Å²) in [5.41, 5.74) is 3.28. The second-order valence-corrected chi connectivity index (χ2v) is 6.09. The van der Waals surface area contributed by atoms with E-state index in [1.54, 1.807) is 35.3 Å². The van der Waals surface area contributed by atoms with Gasteiger partial charge in [-0.1, -0.05) is 0 Å². The molecule has 1 aromatic carbocycles. The van der Waals surface area contributed by atoms with E-state index in [4.69, 9.17) is 9.47 Å². The molecule has 1 N–H and O–H groups in total. The van der Waals surface area contributed by atoms with Crippen LogP contribution in [0.5, 0.6) is 11.5 Å². The molecule has 0 radical (unpaired) electrons. The molecule has 28 heavy (non-hydrogen) atoms. The highest BCUT2D eigenvalue weighted by molar-refractivity contribution is 5.94. The van der Waals surface area contributed by atoms with Gasteiger partial charge in [0.1, 0.15) is 0 Å². The number of pyridine rings is 1. The van der Waals surface area contributed by atoms with Crippen molar-refractivity contribution in [3.8, 4) is 22.8 Å². The molecule has 0 aliphatic rings. The molecule has 0 spiro atoms. The third-order valence-electron chi connectivity index (χ3n) is 4.14. The molecule has 0 unspecified atom stereocenters. The third kappa shape index (κ3) is 4.49. The molecule has 0 fully saturated rings. The fourth-order valence-electron chi connectivity index (χ4n) is 2.87. The monoisotopic (exact) mass is 380 g/mol. The summed E-state index contributed by atoms with van der Waals surface area (Å²) in [6.07, 6.45) is 3.48. The van der Waals surface area contributed by atoms with Crippen LogP contribution in [0.15, 0.2) is 48.8 Å². The minimum absolute atomic E-state index is 0.194. The molecule has 2 heterocycles. The zero-order valence-corrected chi connectivity index (χ0v) is 16.3. The molecule has 0 aliphatic carbocycles. The number of carbonyl (C=O) groups excluding carboxylic acids is 1. The Labute approximate surface area is 164 Å². The lowest BCUT2D eigenvalue weighted by Crippen LogP contribution is -2.23. The SMILES string of the molecule is CCOc1ccc(C(=O)NCc2cc(-c3ccncc3)n(C)n2)cc1OCC. The topological polar surface area (TPSA) is 78.3 Å². The number of aryl methyl sites for hydroxylation is 1. The first kappa shape index (κ1) is 19.4. The first-order chi connectivity index (χ1) is 13.6. The van der Waals surface area contributed by atoms with Crippen LogP contribution in [0.1, 0.15) is 29.9 Å². The van der Waals surface area contributed by atoms with Gasteiger partial charge < -0.3 is 14.8 Å². The maximum Gasteiger partial charge on any atom is 0.251 e. The molecule has 3 aromatic rings. The lowest BCUT2D eigenvalue weighted by molar-refractivity contribution is 0.0950. The standard InChI is InChI=1S/C21H24N4O3/c1-4-27-19-7-6-16(12-20(19)28-5-2)21(26)23-14-17-13-18(25(3)24-17)15-8-10-22-11-9-15/h6-13H,4-5,14H2,1-3H3,(H,23,26). The van der Waals surface area contributed by atoms with Gasteiger partial charge in [0.15, 0.2) is 11.5 Å². The Kier molecular flexibility index (Phi) is 6.26. The first-order valence-corrected chi connectivity index (χ1v) is 9.23. The van der Waals surface area contributed by atoms with E-state index in [2.05, 4.69) is 15.4 Å². The van der Waals surface area contributed by atoms with E-state index in [0.29, 0.717) is 36.8 Å². The Morgan fingerprint density at radius 1 is 1.04 bits per heavy atom. The maximum atomic E-state index is 12.6. The Bertz CT molecular complexity index is 938. The first-order valence-electron chi connectivity index (χ1n) is 9.23. The molecule has 0 saturated carbocycles. The van der Waals surface area contributed by atoms with E-state index in [0.717, 1.165) is 17.0 Å². The fourth-order valence-corrected chi connectivity index (χ4v) is 2.87. The summed E-state index contributed by atoms with van der Waals surface area (Å²) in [5, 5.41) is 7.38. The van der Waals surface area contributed by atoms with Crippen molar-refractivity contribution in [1.82, 2.24) is 20.1 Å². The summed E-state index contributed by atoms with van der Waals surface area (Å²) in [7, 11) is 1.88. The molecule has 7 heteroatoms. The largest absolute Gasteiger partial charge is 0.490 e. The summed E-state index contributed by atoms with van der Waals surface area (Å²) in [6.45, 7) is 5.16. The molecular formula is C21H24N4O3. The van der Waals surface area contributed by atoms with Crippen LogP contribution in [0.3, 0.4) is 0 Å². The van der Waals surface area contributed by atoms with Crippen LogP contribution in [-0.4, -0.2) is 33.9 Å². The number of ether oxygens (including phenoxy) is 2. The van der Waals surface area contributed by atoms with Crippen molar-refractivity contribution in [2.75, 3.05) is 13.2 Å². The van der Waals surface area contributed by atoms with Gasteiger partial charge in [-0.2, -0.15) is 5.10 Å². The summed E-state index contributed by atoms with van der Waals surface area (Å²) in [6, 6.07) is 11.0. The normalized spacial score (nSPS) is 10.5. The predicted octanol–water partition coefficient (Wildman–Crippen LogP) is 3.21. The number of amides is 1. The van der Waals surface area contributed by atoms with Crippen LogP contribution in [0.2, 0.25) is 0 Å². The molecule has 0 bridgehead atoms. The van der Waals surface area contributed by atoms with Gasteiger partial charge in [0, 0.05) is 30.6 Å². The average Bonchev–Trinajstić information content (AvgIpc) is 3.09. The van der Waals surface area contributed by atoms with Gasteiger partial charge in [0.2, 0.25) is 0 Å². The zero-order chi connectivity index (χ0) is 19.9. The van der Waals surface area contributed by atoms with Crippen LogP contribution < -0.4 is 14.8 Å². The van der Waals surface area contributed by atoms with Crippen LogP contribution in [0, 0.1) is 0 Å². The fraction of sp³-hybridized carbons (Fsp3) is 0.286. The number of nitrogens with zero attached hydrogens (tertiary/aromatic N) is 3. The third-order valence-corrected chi connectivity index (χ3v) is 4.14. The molecule has 0 atom stereocenters. The van der Waals surface area contributed by atoms with Crippen molar-refractivity contribution in [3.05, 3.63) is 60.0 Å². The van der Waals surface area contributed by atoms with E-state index in [9.17, 15) is 4.79 Å². The summed E-state index contributed by atoms with van der Waals surface area (Å²) in [4.78, 5) is 16.6. The number of hydrogen-bond donors (Lipinski definition) is 1. The van der Waals surface area contributed by atoms with Gasteiger partial charge in [0.25, 0.3) is 5.91 Å². The molecule has 2 aromatic heterocycles. The minimum atomic E-state index is -0.194. The second kappa shape index (κ2) is 9.03. The number of benzene rings is 1. The molecule has 3 rings (SSSR count). The van der Waals surface area contributed by atoms with Crippen molar-refractivity contribution in [3.63, 3.8) is 0 Å². The quantitative estimate of drug-likeness (QED) is 0.649. The highest BCUT2D eigenvalue weighted by Gasteiger charge is 2.13. The van der Waals surface area contributed by atoms with Gasteiger partial charge >= 0.3 is 0 Å². The van der Waals surface area contributed by atoms with Crippen LogP contribution in [0.25, 0.3) is 11.3 Å². The summed E-state index contributed by atoms with van der Waals surface area (Å²) >= 11 is 0. The van der Waals surface area contributed by atoms with Crippen molar-refractivity contribution in [2.24, 2.45) is 7.05 Å². The van der Waals surface area contributed by atoms with E-state index in [1.807, 2.05) is 39.1 Å². The summed E-state index contributed by atoms with van der Waals surface area (Å²) < 4.78 is 12.9. The number of carbonyl (C=O) groups is 1. The van der Waals surface area contributed by atoms with Crippen LogP contribution >= 0.6 is 0 Å². The van der Waals surface area contributed by atoms with Crippen LogP contribution in [0.4, 0.5) is 0 Å².